The van der Waals surface area contributed by atoms with Crippen molar-refractivity contribution in [3.8, 4) is 0 Å². The molecule has 0 aromatic heterocycles. The van der Waals surface area contributed by atoms with Gasteiger partial charge in [-0.3, -0.25) is 15.2 Å². The van der Waals surface area contributed by atoms with E-state index in [0.29, 0.717) is 24.7 Å². The molecule has 0 saturated carbocycles. The zero-order valence-corrected chi connectivity index (χ0v) is 13.4. The maximum absolute atomic E-state index is 12.0. The quantitative estimate of drug-likeness (QED) is 0.347. The van der Waals surface area contributed by atoms with Crippen LogP contribution in [0.15, 0.2) is 41.7 Å². The highest BCUT2D eigenvalue weighted by atomic mass is 16.5. The van der Waals surface area contributed by atoms with Crippen LogP contribution in [-0.4, -0.2) is 55.5 Å². The van der Waals surface area contributed by atoms with Gasteiger partial charge in [0.1, 0.15) is 12.2 Å². The summed E-state index contributed by atoms with van der Waals surface area (Å²) < 4.78 is 5.28. The number of hydrazine groups is 1. The summed E-state index contributed by atoms with van der Waals surface area (Å²) in [6.45, 7) is 6.86. The maximum atomic E-state index is 12.0. The molecule has 0 radical (unpaired) electrons. The second-order valence-electron chi connectivity index (χ2n) is 5.32. The Morgan fingerprint density at radius 1 is 1.43 bits per heavy atom. The average Bonchev–Trinajstić information content (AvgIpc) is 2.55. The van der Waals surface area contributed by atoms with Crippen LogP contribution in [0.1, 0.15) is 5.56 Å². The molecule has 124 valence electrons. The average molecular weight is 317 g/mol. The minimum absolute atomic E-state index is 0.124. The summed E-state index contributed by atoms with van der Waals surface area (Å²) in [6, 6.07) is 7.23. The Labute approximate surface area is 136 Å². The van der Waals surface area contributed by atoms with Crippen molar-refractivity contribution >= 4 is 17.9 Å². The zero-order valence-electron chi connectivity index (χ0n) is 13.4. The molecule has 1 aliphatic heterocycles. The Hall–Kier alpha value is -2.54. The van der Waals surface area contributed by atoms with Crippen LogP contribution in [0, 0.1) is 0 Å². The number of nitrogens with one attached hydrogen (secondary N) is 1. The van der Waals surface area contributed by atoms with Crippen molar-refractivity contribution in [2.75, 3.05) is 39.1 Å². The van der Waals surface area contributed by atoms with Gasteiger partial charge in [0.15, 0.2) is 0 Å². The van der Waals surface area contributed by atoms with Crippen LogP contribution < -0.4 is 11.2 Å². The number of carbonyl (C=O) groups is 1. The molecule has 23 heavy (non-hydrogen) atoms. The Morgan fingerprint density at radius 3 is 2.74 bits per heavy atom. The second-order valence-corrected chi connectivity index (χ2v) is 5.32. The number of rotatable bonds is 6. The summed E-state index contributed by atoms with van der Waals surface area (Å²) in [5.74, 6) is 0.536. The summed E-state index contributed by atoms with van der Waals surface area (Å²) in [6.07, 6.45) is 1.82. The first-order valence-electron chi connectivity index (χ1n) is 7.47. The number of hydrogen-bond acceptors (Lipinski definition) is 5. The van der Waals surface area contributed by atoms with Gasteiger partial charge >= 0.3 is 0 Å². The first-order valence-corrected chi connectivity index (χ1v) is 7.47. The molecule has 1 heterocycles. The topological polar surface area (TPSA) is 83.2 Å². The van der Waals surface area contributed by atoms with Gasteiger partial charge in [0, 0.05) is 25.8 Å². The largest absolute Gasteiger partial charge is 0.399 e. The highest BCUT2D eigenvalue weighted by Gasteiger charge is 2.11. The second kappa shape index (κ2) is 8.19. The van der Waals surface area contributed by atoms with Gasteiger partial charge in [-0.05, 0) is 17.7 Å². The summed E-state index contributed by atoms with van der Waals surface area (Å²) in [4.78, 5) is 18.3. The molecule has 1 fully saturated rings. The summed E-state index contributed by atoms with van der Waals surface area (Å²) in [7, 11) is 1.72. The first-order chi connectivity index (χ1) is 11.0. The maximum Gasteiger partial charge on any atom is 0.242 e. The van der Waals surface area contributed by atoms with Crippen LogP contribution in [0.4, 0.5) is 5.69 Å². The molecule has 1 aromatic carbocycles. The van der Waals surface area contributed by atoms with Crippen molar-refractivity contribution in [2.24, 2.45) is 4.99 Å². The predicted octanol–water partition coefficient (Wildman–Crippen LogP) is 0.606. The van der Waals surface area contributed by atoms with E-state index in [1.165, 1.54) is 5.01 Å². The molecule has 7 heteroatoms. The van der Waals surface area contributed by atoms with Gasteiger partial charge in [0.25, 0.3) is 0 Å². The normalized spacial score (nSPS) is 14.7. The number of carbonyl (C=O) groups excluding carboxylic acids is 1. The Bertz CT molecular complexity index is 564. The third kappa shape index (κ3) is 5.63. The minimum Gasteiger partial charge on any atom is -0.399 e. The first kappa shape index (κ1) is 16.8. The fourth-order valence-corrected chi connectivity index (χ4v) is 2.14. The van der Waals surface area contributed by atoms with Crippen molar-refractivity contribution < 1.29 is 9.53 Å². The van der Waals surface area contributed by atoms with Crippen LogP contribution in [0.3, 0.4) is 0 Å². The lowest BCUT2D eigenvalue weighted by molar-refractivity contribution is -0.123. The number of morpholine rings is 1. The molecule has 1 aliphatic rings. The van der Waals surface area contributed by atoms with Crippen LogP contribution in [0.2, 0.25) is 0 Å². The standard InChI is InChI=1S/C16H23N5O2/c1-13(21-7-9-23-10-8-21)18-12-20(2)19-16(22)11-14-3-5-15(17)6-4-14/h3-6,12H,1,7-11,17H2,2H3,(H,19,22). The van der Waals surface area contributed by atoms with Gasteiger partial charge in [-0.25, -0.2) is 4.99 Å². The number of benzene rings is 1. The van der Waals surface area contributed by atoms with E-state index in [0.717, 1.165) is 18.7 Å². The number of nitrogen functional groups attached to an aromatic ring is 1. The van der Waals surface area contributed by atoms with Crippen molar-refractivity contribution in [3.05, 3.63) is 42.2 Å². The lowest BCUT2D eigenvalue weighted by atomic mass is 10.1. The fraction of sp³-hybridized carbons (Fsp3) is 0.375. The molecule has 1 amide bonds. The Kier molecular flexibility index (Phi) is 5.99. The van der Waals surface area contributed by atoms with Crippen molar-refractivity contribution in [2.45, 2.75) is 6.42 Å². The predicted molar refractivity (Wildman–Crippen MR) is 90.5 cm³/mol. The number of hydrogen-bond donors (Lipinski definition) is 2. The molecule has 1 saturated heterocycles. The van der Waals surface area contributed by atoms with E-state index >= 15 is 0 Å². The van der Waals surface area contributed by atoms with Gasteiger partial charge in [0.05, 0.1) is 19.6 Å². The zero-order chi connectivity index (χ0) is 16.7. The molecular formula is C16H23N5O2. The highest BCUT2D eigenvalue weighted by Crippen LogP contribution is 2.07. The van der Waals surface area contributed by atoms with Gasteiger partial charge < -0.3 is 15.4 Å². The van der Waals surface area contributed by atoms with Crippen LogP contribution >= 0.6 is 0 Å². The lowest BCUT2D eigenvalue weighted by Gasteiger charge is -2.28. The number of nitrogens with zero attached hydrogens (tertiary/aromatic N) is 3. The third-order valence-electron chi connectivity index (χ3n) is 3.40. The molecule has 0 bridgehead atoms. The smallest absolute Gasteiger partial charge is 0.242 e. The lowest BCUT2D eigenvalue weighted by Crippen LogP contribution is -2.39. The Morgan fingerprint density at radius 2 is 2.09 bits per heavy atom. The summed E-state index contributed by atoms with van der Waals surface area (Å²) >= 11 is 0. The number of ether oxygens (including phenoxy) is 1. The van der Waals surface area contributed by atoms with E-state index in [1.54, 1.807) is 25.5 Å². The molecule has 0 aliphatic carbocycles. The molecule has 2 rings (SSSR count). The number of amides is 1. The van der Waals surface area contributed by atoms with E-state index in [1.807, 2.05) is 17.0 Å². The van der Waals surface area contributed by atoms with E-state index in [-0.39, 0.29) is 12.3 Å². The third-order valence-corrected chi connectivity index (χ3v) is 3.40. The fourth-order valence-electron chi connectivity index (χ4n) is 2.14. The van der Waals surface area contributed by atoms with Gasteiger partial charge in [-0.2, -0.15) is 0 Å². The van der Waals surface area contributed by atoms with Crippen LogP contribution in [0.5, 0.6) is 0 Å². The van der Waals surface area contributed by atoms with Crippen LogP contribution in [0.25, 0.3) is 0 Å². The molecule has 7 nitrogen and oxygen atoms in total. The van der Waals surface area contributed by atoms with Gasteiger partial charge in [-0.1, -0.05) is 18.7 Å². The van der Waals surface area contributed by atoms with E-state index < -0.39 is 0 Å². The van der Waals surface area contributed by atoms with Crippen molar-refractivity contribution in [1.29, 1.82) is 0 Å². The van der Waals surface area contributed by atoms with Crippen molar-refractivity contribution in [1.82, 2.24) is 15.3 Å². The van der Waals surface area contributed by atoms with E-state index in [4.69, 9.17) is 10.5 Å². The van der Waals surface area contributed by atoms with Gasteiger partial charge in [0.2, 0.25) is 5.91 Å². The molecule has 3 N–H and O–H groups in total. The van der Waals surface area contributed by atoms with E-state index in [9.17, 15) is 4.79 Å². The number of aliphatic imine (C=N–C) groups is 1. The Balaban J connectivity index is 1.77. The number of anilines is 1. The van der Waals surface area contributed by atoms with Crippen LogP contribution in [-0.2, 0) is 16.0 Å². The highest BCUT2D eigenvalue weighted by molar-refractivity contribution is 5.79. The summed E-state index contributed by atoms with van der Waals surface area (Å²) in [5.41, 5.74) is 9.94. The van der Waals surface area contributed by atoms with Crippen molar-refractivity contribution in [3.63, 3.8) is 0 Å². The number of nitrogens with two attached hydrogens (primary N) is 1. The molecule has 0 spiro atoms. The molecular weight excluding hydrogens is 294 g/mol. The SMILES string of the molecule is C=C(N=CN(C)NC(=O)Cc1ccc(N)cc1)N1CCOCC1. The molecule has 0 unspecified atom stereocenters. The minimum atomic E-state index is -0.124. The van der Waals surface area contributed by atoms with Gasteiger partial charge in [-0.15, -0.1) is 0 Å². The molecule has 0 atom stereocenters. The monoisotopic (exact) mass is 317 g/mol. The van der Waals surface area contributed by atoms with E-state index in [2.05, 4.69) is 17.0 Å². The summed E-state index contributed by atoms with van der Waals surface area (Å²) in [5, 5.41) is 1.52. The molecule has 1 aromatic rings.